The minimum absolute atomic E-state index is 0.229. The van der Waals surface area contributed by atoms with Gasteiger partial charge in [-0.05, 0) is 36.2 Å². The summed E-state index contributed by atoms with van der Waals surface area (Å²) in [5.41, 5.74) is 2.27. The van der Waals surface area contributed by atoms with Gasteiger partial charge in [-0.2, -0.15) is 0 Å². The molecule has 0 radical (unpaired) electrons. The van der Waals surface area contributed by atoms with Crippen LogP contribution in [0.4, 0.5) is 11.5 Å². The zero-order valence-corrected chi connectivity index (χ0v) is 15.8. The van der Waals surface area contributed by atoms with Gasteiger partial charge in [-0.15, -0.1) is 10.2 Å². The van der Waals surface area contributed by atoms with E-state index in [1.165, 1.54) is 0 Å². The Hall–Kier alpha value is -2.47. The van der Waals surface area contributed by atoms with Crippen molar-refractivity contribution in [2.24, 2.45) is 0 Å². The summed E-state index contributed by atoms with van der Waals surface area (Å²) in [6.07, 6.45) is 0. The van der Waals surface area contributed by atoms with Crippen molar-refractivity contribution in [2.45, 2.75) is 26.7 Å². The van der Waals surface area contributed by atoms with Crippen LogP contribution in [0.3, 0.4) is 0 Å². The second-order valence-electron chi connectivity index (χ2n) is 6.89. The normalized spacial score (nSPS) is 15.3. The van der Waals surface area contributed by atoms with Crippen molar-refractivity contribution in [3.63, 3.8) is 0 Å². The molecule has 0 spiro atoms. The molecule has 0 atom stereocenters. The molecule has 1 N–H and O–H groups in total. The average Bonchev–Trinajstić information content (AvgIpc) is 2.68. The first-order valence-corrected chi connectivity index (χ1v) is 9.29. The van der Waals surface area contributed by atoms with Crippen LogP contribution in [0.2, 0.25) is 0 Å². The molecule has 26 heavy (non-hydrogen) atoms. The van der Waals surface area contributed by atoms with Crippen molar-refractivity contribution in [3.05, 3.63) is 47.7 Å². The number of piperazine rings is 1. The Balaban J connectivity index is 1.66. The van der Waals surface area contributed by atoms with Crippen LogP contribution in [0, 0.1) is 0 Å². The van der Waals surface area contributed by atoms with E-state index in [2.05, 4.69) is 46.1 Å². The first-order valence-electron chi connectivity index (χ1n) is 9.29. The van der Waals surface area contributed by atoms with Crippen molar-refractivity contribution in [3.8, 4) is 0 Å². The SMILES string of the molecule is CCN1CCN(c2ccc(C(=O)Nc3ccccc3C(C)C)nn2)CC1. The molecule has 138 valence electrons. The number of hydrogen-bond acceptors (Lipinski definition) is 5. The van der Waals surface area contributed by atoms with Crippen molar-refractivity contribution >= 4 is 17.4 Å². The summed E-state index contributed by atoms with van der Waals surface area (Å²) in [7, 11) is 0. The summed E-state index contributed by atoms with van der Waals surface area (Å²) < 4.78 is 0. The van der Waals surface area contributed by atoms with Crippen molar-refractivity contribution in [2.75, 3.05) is 42.9 Å². The Morgan fingerprint density at radius 2 is 1.81 bits per heavy atom. The molecule has 3 rings (SSSR count). The van der Waals surface area contributed by atoms with Crippen LogP contribution in [0.1, 0.15) is 42.7 Å². The number of nitrogens with zero attached hydrogens (tertiary/aromatic N) is 4. The summed E-state index contributed by atoms with van der Waals surface area (Å²) in [6.45, 7) is 11.4. The molecule has 2 aromatic rings. The van der Waals surface area contributed by atoms with Crippen LogP contribution in [0.25, 0.3) is 0 Å². The fourth-order valence-corrected chi connectivity index (χ4v) is 3.21. The Labute approximate surface area is 155 Å². The lowest BCUT2D eigenvalue weighted by molar-refractivity contribution is 0.102. The predicted molar refractivity (Wildman–Crippen MR) is 105 cm³/mol. The van der Waals surface area contributed by atoms with Crippen LogP contribution in [0.15, 0.2) is 36.4 Å². The minimum atomic E-state index is -0.229. The second-order valence-corrected chi connectivity index (χ2v) is 6.89. The summed E-state index contributed by atoms with van der Waals surface area (Å²) in [5, 5.41) is 11.4. The standard InChI is InChI=1S/C20H27N5O/c1-4-24-11-13-25(14-12-24)19-10-9-18(22-23-19)20(26)21-17-8-6-5-7-16(17)15(2)3/h5-10,15H,4,11-14H2,1-3H3,(H,21,26). The number of hydrogen-bond donors (Lipinski definition) is 1. The maximum atomic E-state index is 12.5. The molecule has 1 aliphatic heterocycles. The van der Waals surface area contributed by atoms with Crippen molar-refractivity contribution < 1.29 is 4.79 Å². The number of carbonyl (C=O) groups is 1. The van der Waals surface area contributed by atoms with Gasteiger partial charge in [0.05, 0.1) is 0 Å². The summed E-state index contributed by atoms with van der Waals surface area (Å²) in [6, 6.07) is 11.5. The summed E-state index contributed by atoms with van der Waals surface area (Å²) in [4.78, 5) is 17.2. The average molecular weight is 353 g/mol. The third-order valence-electron chi connectivity index (χ3n) is 4.86. The lowest BCUT2D eigenvalue weighted by Gasteiger charge is -2.34. The fraction of sp³-hybridized carbons (Fsp3) is 0.450. The van der Waals surface area contributed by atoms with E-state index in [0.29, 0.717) is 11.6 Å². The number of anilines is 2. The first-order chi connectivity index (χ1) is 12.6. The number of aromatic nitrogens is 2. The van der Waals surface area contributed by atoms with Crippen LogP contribution in [0.5, 0.6) is 0 Å². The van der Waals surface area contributed by atoms with E-state index in [0.717, 1.165) is 49.8 Å². The zero-order valence-electron chi connectivity index (χ0n) is 15.8. The molecule has 0 saturated carbocycles. The molecule has 0 bridgehead atoms. The Kier molecular flexibility index (Phi) is 5.83. The highest BCUT2D eigenvalue weighted by molar-refractivity contribution is 6.03. The molecule has 1 aromatic heterocycles. The van der Waals surface area contributed by atoms with Crippen LogP contribution < -0.4 is 10.2 Å². The molecular formula is C20H27N5O. The maximum absolute atomic E-state index is 12.5. The molecule has 0 aliphatic carbocycles. The summed E-state index contributed by atoms with van der Waals surface area (Å²) >= 11 is 0. The summed E-state index contributed by atoms with van der Waals surface area (Å²) in [5.74, 6) is 0.939. The van der Waals surface area contributed by atoms with Crippen molar-refractivity contribution in [1.82, 2.24) is 15.1 Å². The van der Waals surface area contributed by atoms with Gasteiger partial charge in [0.1, 0.15) is 0 Å². The van der Waals surface area contributed by atoms with Gasteiger partial charge < -0.3 is 15.1 Å². The van der Waals surface area contributed by atoms with Gasteiger partial charge in [0.15, 0.2) is 11.5 Å². The lowest BCUT2D eigenvalue weighted by atomic mass is 10.0. The zero-order chi connectivity index (χ0) is 18.5. The molecule has 1 aromatic carbocycles. The quantitative estimate of drug-likeness (QED) is 0.895. The number of nitrogens with one attached hydrogen (secondary N) is 1. The number of amides is 1. The lowest BCUT2D eigenvalue weighted by Crippen LogP contribution is -2.46. The third kappa shape index (κ3) is 4.19. The first kappa shape index (κ1) is 18.3. The third-order valence-corrected chi connectivity index (χ3v) is 4.86. The number of para-hydroxylation sites is 1. The number of rotatable bonds is 5. The van der Waals surface area contributed by atoms with E-state index >= 15 is 0 Å². The van der Waals surface area contributed by atoms with Gasteiger partial charge in [-0.1, -0.05) is 39.0 Å². The highest BCUT2D eigenvalue weighted by Crippen LogP contribution is 2.24. The number of benzene rings is 1. The van der Waals surface area contributed by atoms with Gasteiger partial charge in [-0.25, -0.2) is 0 Å². The number of carbonyl (C=O) groups excluding carboxylic acids is 1. The smallest absolute Gasteiger partial charge is 0.276 e. The van der Waals surface area contributed by atoms with Gasteiger partial charge in [0.25, 0.3) is 5.91 Å². The minimum Gasteiger partial charge on any atom is -0.353 e. The Morgan fingerprint density at radius 1 is 1.08 bits per heavy atom. The van der Waals surface area contributed by atoms with E-state index < -0.39 is 0 Å². The Morgan fingerprint density at radius 3 is 2.42 bits per heavy atom. The van der Waals surface area contributed by atoms with Gasteiger partial charge in [0.2, 0.25) is 0 Å². The fourth-order valence-electron chi connectivity index (χ4n) is 3.21. The molecule has 0 unspecified atom stereocenters. The van der Waals surface area contributed by atoms with Gasteiger partial charge in [0, 0.05) is 31.9 Å². The molecule has 6 nitrogen and oxygen atoms in total. The van der Waals surface area contributed by atoms with Gasteiger partial charge in [-0.3, -0.25) is 4.79 Å². The molecule has 2 heterocycles. The molecule has 1 saturated heterocycles. The number of likely N-dealkylation sites (N-methyl/N-ethyl adjacent to an activating group) is 1. The second kappa shape index (κ2) is 8.27. The molecular weight excluding hydrogens is 326 g/mol. The van der Waals surface area contributed by atoms with Crippen LogP contribution in [-0.4, -0.2) is 53.7 Å². The highest BCUT2D eigenvalue weighted by atomic mass is 16.1. The van der Waals surface area contributed by atoms with Crippen LogP contribution in [-0.2, 0) is 0 Å². The molecule has 6 heteroatoms. The van der Waals surface area contributed by atoms with Crippen molar-refractivity contribution in [1.29, 1.82) is 0 Å². The topological polar surface area (TPSA) is 61.4 Å². The van der Waals surface area contributed by atoms with E-state index in [-0.39, 0.29) is 5.91 Å². The van der Waals surface area contributed by atoms with E-state index in [9.17, 15) is 4.79 Å². The molecule has 1 aliphatic rings. The monoisotopic (exact) mass is 353 g/mol. The van der Waals surface area contributed by atoms with E-state index in [1.807, 2.05) is 30.3 Å². The largest absolute Gasteiger partial charge is 0.353 e. The molecule has 1 fully saturated rings. The van der Waals surface area contributed by atoms with Crippen LogP contribution >= 0.6 is 0 Å². The predicted octanol–water partition coefficient (Wildman–Crippen LogP) is 2.99. The molecule has 1 amide bonds. The van der Waals surface area contributed by atoms with Gasteiger partial charge >= 0.3 is 0 Å². The maximum Gasteiger partial charge on any atom is 0.276 e. The van der Waals surface area contributed by atoms with E-state index in [1.54, 1.807) is 6.07 Å². The Bertz CT molecular complexity index is 736. The van der Waals surface area contributed by atoms with E-state index in [4.69, 9.17) is 0 Å². The highest BCUT2D eigenvalue weighted by Gasteiger charge is 2.18.